The first-order valence-corrected chi connectivity index (χ1v) is 7.74. The number of benzene rings is 2. The summed E-state index contributed by atoms with van der Waals surface area (Å²) < 4.78 is 5.29. The van der Waals surface area contributed by atoms with Crippen molar-refractivity contribution in [3.05, 3.63) is 59.1 Å². The maximum Gasteiger partial charge on any atom is 0.120 e. The van der Waals surface area contributed by atoms with E-state index in [0.29, 0.717) is 0 Å². The molecule has 0 aromatic heterocycles. The van der Waals surface area contributed by atoms with E-state index in [1.54, 1.807) is 7.11 Å². The Morgan fingerprint density at radius 2 is 1.90 bits per heavy atom. The molecule has 0 aliphatic rings. The van der Waals surface area contributed by atoms with Gasteiger partial charge in [-0.2, -0.15) is 0 Å². The Labute approximate surface area is 132 Å². The van der Waals surface area contributed by atoms with Crippen LogP contribution in [0.5, 0.6) is 5.75 Å². The second-order valence-electron chi connectivity index (χ2n) is 4.98. The normalized spacial score (nSPS) is 10.4. The van der Waals surface area contributed by atoms with Gasteiger partial charge < -0.3 is 9.64 Å². The molecule has 3 heteroatoms. The minimum Gasteiger partial charge on any atom is -0.497 e. The van der Waals surface area contributed by atoms with Crippen molar-refractivity contribution in [3.63, 3.8) is 0 Å². The predicted molar refractivity (Wildman–Crippen MR) is 90.7 cm³/mol. The van der Waals surface area contributed by atoms with Gasteiger partial charge >= 0.3 is 0 Å². The molecule has 0 heterocycles. The number of anilines is 1. The van der Waals surface area contributed by atoms with Gasteiger partial charge in [0.05, 0.1) is 7.11 Å². The van der Waals surface area contributed by atoms with E-state index in [9.17, 15) is 0 Å². The molecule has 0 saturated heterocycles. The zero-order valence-electron chi connectivity index (χ0n) is 12.7. The van der Waals surface area contributed by atoms with E-state index >= 15 is 0 Å². The van der Waals surface area contributed by atoms with Gasteiger partial charge in [-0.25, -0.2) is 0 Å². The summed E-state index contributed by atoms with van der Waals surface area (Å²) in [6, 6.07) is 16.3. The van der Waals surface area contributed by atoms with E-state index in [1.165, 1.54) is 11.3 Å². The number of halogens is 1. The van der Waals surface area contributed by atoms with Crippen molar-refractivity contribution in [3.8, 4) is 5.75 Å². The summed E-state index contributed by atoms with van der Waals surface area (Å²) in [5, 5.41) is 0.863. The zero-order chi connectivity index (χ0) is 15.1. The van der Waals surface area contributed by atoms with Crippen molar-refractivity contribution in [1.29, 1.82) is 0 Å². The van der Waals surface area contributed by atoms with Crippen LogP contribution in [0.4, 0.5) is 5.69 Å². The average Bonchev–Trinajstić information content (AvgIpc) is 2.53. The number of hydrogen-bond donors (Lipinski definition) is 0. The van der Waals surface area contributed by atoms with E-state index in [2.05, 4.69) is 30.0 Å². The van der Waals surface area contributed by atoms with Gasteiger partial charge in [-0.15, -0.1) is 0 Å². The van der Waals surface area contributed by atoms with Crippen LogP contribution >= 0.6 is 11.6 Å². The molecular weight excluding hydrogens is 282 g/mol. The molecule has 0 saturated carbocycles. The summed E-state index contributed by atoms with van der Waals surface area (Å²) in [6.07, 6.45) is 2.08. The lowest BCUT2D eigenvalue weighted by Crippen LogP contribution is -2.24. The van der Waals surface area contributed by atoms with Gasteiger partial charge in [-0.1, -0.05) is 35.9 Å². The fourth-order valence-electron chi connectivity index (χ4n) is 2.44. The lowest BCUT2D eigenvalue weighted by atomic mass is 10.1. The Morgan fingerprint density at radius 1 is 1.10 bits per heavy atom. The predicted octanol–water partition coefficient (Wildman–Crippen LogP) is 4.81. The van der Waals surface area contributed by atoms with E-state index in [0.717, 1.165) is 36.7 Å². The number of methoxy groups -OCH3 is 1. The summed E-state index contributed by atoms with van der Waals surface area (Å²) in [6.45, 7) is 4.17. The quantitative estimate of drug-likeness (QED) is 0.728. The van der Waals surface area contributed by atoms with Crippen LogP contribution in [0.3, 0.4) is 0 Å². The van der Waals surface area contributed by atoms with Gasteiger partial charge in [0.15, 0.2) is 0 Å². The van der Waals surface area contributed by atoms with Crippen molar-refractivity contribution in [1.82, 2.24) is 0 Å². The molecule has 0 N–H and O–H groups in total. The van der Waals surface area contributed by atoms with Gasteiger partial charge in [0.1, 0.15) is 5.75 Å². The highest BCUT2D eigenvalue weighted by molar-refractivity contribution is 6.31. The van der Waals surface area contributed by atoms with E-state index < -0.39 is 0 Å². The van der Waals surface area contributed by atoms with Gasteiger partial charge in [-0.3, -0.25) is 0 Å². The highest BCUT2D eigenvalue weighted by atomic mass is 35.5. The molecule has 0 bridgehead atoms. The lowest BCUT2D eigenvalue weighted by Gasteiger charge is -2.23. The summed E-state index contributed by atoms with van der Waals surface area (Å²) in [5.74, 6) is 0.900. The molecule has 0 aliphatic heterocycles. The molecule has 0 unspecified atom stereocenters. The molecule has 0 atom stereocenters. The maximum absolute atomic E-state index is 6.20. The molecule has 0 aliphatic carbocycles. The van der Waals surface area contributed by atoms with Crippen LogP contribution in [0.1, 0.15) is 18.9 Å². The Morgan fingerprint density at radius 3 is 2.62 bits per heavy atom. The summed E-state index contributed by atoms with van der Waals surface area (Å²) in [7, 11) is 1.70. The van der Waals surface area contributed by atoms with Crippen molar-refractivity contribution in [2.75, 3.05) is 25.1 Å². The van der Waals surface area contributed by atoms with Crippen LogP contribution in [0.2, 0.25) is 5.02 Å². The second-order valence-corrected chi connectivity index (χ2v) is 5.38. The lowest BCUT2D eigenvalue weighted by molar-refractivity contribution is 0.415. The fourth-order valence-corrected chi connectivity index (χ4v) is 2.67. The minimum absolute atomic E-state index is 0.863. The Bertz CT molecular complexity index is 571. The second kappa shape index (κ2) is 7.94. The first-order valence-electron chi connectivity index (χ1n) is 7.37. The topological polar surface area (TPSA) is 12.5 Å². The third kappa shape index (κ3) is 4.40. The third-order valence-electron chi connectivity index (χ3n) is 3.63. The number of rotatable bonds is 7. The smallest absolute Gasteiger partial charge is 0.120 e. The van der Waals surface area contributed by atoms with Crippen molar-refractivity contribution < 1.29 is 4.74 Å². The van der Waals surface area contributed by atoms with Crippen LogP contribution in [0.15, 0.2) is 48.5 Å². The highest BCUT2D eigenvalue weighted by Gasteiger charge is 2.06. The van der Waals surface area contributed by atoms with Gasteiger partial charge in [0, 0.05) is 29.9 Å². The number of ether oxygens (including phenoxy) is 1. The van der Waals surface area contributed by atoms with Crippen molar-refractivity contribution in [2.45, 2.75) is 19.8 Å². The van der Waals surface area contributed by atoms with Crippen LogP contribution < -0.4 is 9.64 Å². The van der Waals surface area contributed by atoms with Crippen LogP contribution in [0, 0.1) is 0 Å². The molecule has 0 spiro atoms. The Hall–Kier alpha value is -1.67. The number of nitrogens with zero attached hydrogens (tertiary/aromatic N) is 1. The summed E-state index contributed by atoms with van der Waals surface area (Å²) in [4.78, 5) is 2.36. The molecule has 2 rings (SSSR count). The zero-order valence-corrected chi connectivity index (χ0v) is 13.4. The van der Waals surface area contributed by atoms with E-state index in [4.69, 9.17) is 16.3 Å². The average molecular weight is 304 g/mol. The van der Waals surface area contributed by atoms with Crippen molar-refractivity contribution >= 4 is 17.3 Å². The molecule has 0 radical (unpaired) electrons. The van der Waals surface area contributed by atoms with Crippen LogP contribution in [-0.2, 0) is 6.42 Å². The Balaban J connectivity index is 1.95. The summed E-state index contributed by atoms with van der Waals surface area (Å²) in [5.41, 5.74) is 2.43. The number of aryl methyl sites for hydroxylation is 1. The molecule has 112 valence electrons. The molecule has 21 heavy (non-hydrogen) atoms. The van der Waals surface area contributed by atoms with Crippen LogP contribution in [0.25, 0.3) is 0 Å². The SMILES string of the molecule is CCN(CCCc1ccccc1Cl)c1cccc(OC)c1. The van der Waals surface area contributed by atoms with Gasteiger partial charge in [0.25, 0.3) is 0 Å². The van der Waals surface area contributed by atoms with Gasteiger partial charge in [0.2, 0.25) is 0 Å². The molecule has 2 nitrogen and oxygen atoms in total. The number of hydrogen-bond acceptors (Lipinski definition) is 2. The summed E-state index contributed by atoms with van der Waals surface area (Å²) >= 11 is 6.20. The van der Waals surface area contributed by atoms with Gasteiger partial charge in [-0.05, 0) is 43.5 Å². The largest absolute Gasteiger partial charge is 0.497 e. The highest BCUT2D eigenvalue weighted by Crippen LogP contribution is 2.22. The maximum atomic E-state index is 6.20. The van der Waals surface area contributed by atoms with E-state index in [-0.39, 0.29) is 0 Å². The molecule has 2 aromatic carbocycles. The minimum atomic E-state index is 0.863. The molecular formula is C18H22ClNO. The molecule has 2 aromatic rings. The fraction of sp³-hybridized carbons (Fsp3) is 0.333. The first-order chi connectivity index (χ1) is 10.2. The monoisotopic (exact) mass is 303 g/mol. The molecule has 0 fully saturated rings. The Kier molecular flexibility index (Phi) is 5.94. The first kappa shape index (κ1) is 15.7. The van der Waals surface area contributed by atoms with E-state index in [1.807, 2.05) is 30.3 Å². The molecule has 0 amide bonds. The van der Waals surface area contributed by atoms with Crippen molar-refractivity contribution in [2.24, 2.45) is 0 Å². The third-order valence-corrected chi connectivity index (χ3v) is 4.00. The van der Waals surface area contributed by atoms with Crippen LogP contribution in [-0.4, -0.2) is 20.2 Å². The standard InChI is InChI=1S/C18H22ClNO/c1-3-20(16-10-6-11-17(14-16)21-2)13-7-9-15-8-4-5-12-18(15)19/h4-6,8,10-12,14H,3,7,9,13H2,1-2H3.